The lowest BCUT2D eigenvalue weighted by atomic mass is 10.1. The summed E-state index contributed by atoms with van der Waals surface area (Å²) >= 11 is 5.88. The molecule has 0 aromatic heterocycles. The molecule has 2 aliphatic heterocycles. The monoisotopic (exact) mass is 520 g/mol. The lowest BCUT2D eigenvalue weighted by Crippen LogP contribution is -2.50. The van der Waals surface area contributed by atoms with Gasteiger partial charge in [-0.05, 0) is 36.8 Å². The zero-order valence-corrected chi connectivity index (χ0v) is 19.9. The van der Waals surface area contributed by atoms with Crippen LogP contribution in [0, 0.1) is 0 Å². The Morgan fingerprint density at radius 2 is 1.89 bits per heavy atom. The molecule has 2 atom stereocenters. The van der Waals surface area contributed by atoms with Crippen LogP contribution in [-0.4, -0.2) is 64.1 Å². The molecule has 2 heterocycles. The summed E-state index contributed by atoms with van der Waals surface area (Å²) in [5, 5.41) is 24.4. The third-order valence-electron chi connectivity index (χ3n) is 6.02. The molecule has 4 N–H and O–H groups in total. The number of phenols is 2. The Bertz CT molecular complexity index is 1360. The number of nitrogens with one attached hydrogen (secondary N) is 2. The van der Waals surface area contributed by atoms with Gasteiger partial charge in [0.2, 0.25) is 5.91 Å². The smallest absolute Gasteiger partial charge is 0.271 e. The van der Waals surface area contributed by atoms with Crippen LogP contribution < -0.4 is 10.7 Å². The van der Waals surface area contributed by atoms with Crippen molar-refractivity contribution < 1.29 is 33.0 Å². The SMILES string of the molecule is C[C@]1(/C=N/NC(=O)c2ccc(CNC(=O)c3ccc(O)c(O)c3Cl)cc2)CN2C(=O)C[C@H]2S1(=O)=O. The normalized spacial score (nSPS) is 22.5. The number of carbonyl (C=O) groups excluding carboxylic acids is 3. The Morgan fingerprint density at radius 1 is 1.20 bits per heavy atom. The van der Waals surface area contributed by atoms with E-state index in [1.165, 1.54) is 30.0 Å². The van der Waals surface area contributed by atoms with Crippen molar-refractivity contribution in [3.8, 4) is 11.5 Å². The van der Waals surface area contributed by atoms with Crippen LogP contribution in [0.3, 0.4) is 0 Å². The summed E-state index contributed by atoms with van der Waals surface area (Å²) in [6.07, 6.45) is 1.11. The number of β-lactam (4-membered cyclic amide) rings is 1. The lowest BCUT2D eigenvalue weighted by molar-refractivity contribution is -0.140. The second-order valence-electron chi connectivity index (χ2n) is 8.41. The van der Waals surface area contributed by atoms with Crippen LogP contribution in [0.25, 0.3) is 0 Å². The molecule has 4 rings (SSSR count). The predicted octanol–water partition coefficient (Wildman–Crippen LogP) is 1.14. The highest BCUT2D eigenvalue weighted by atomic mass is 35.5. The highest BCUT2D eigenvalue weighted by Crippen LogP contribution is 2.40. The third kappa shape index (κ3) is 4.30. The summed E-state index contributed by atoms with van der Waals surface area (Å²) in [6.45, 7) is 1.55. The second kappa shape index (κ2) is 8.86. The Hall–Kier alpha value is -3.64. The summed E-state index contributed by atoms with van der Waals surface area (Å²) in [5.41, 5.74) is 3.20. The number of benzene rings is 2. The van der Waals surface area contributed by atoms with Crippen molar-refractivity contribution in [1.29, 1.82) is 0 Å². The van der Waals surface area contributed by atoms with Crippen molar-refractivity contribution in [2.75, 3.05) is 6.54 Å². The molecule has 2 aromatic carbocycles. The first kappa shape index (κ1) is 24.5. The van der Waals surface area contributed by atoms with Crippen molar-refractivity contribution in [3.05, 3.63) is 58.1 Å². The molecule has 0 unspecified atom stereocenters. The molecular formula is C22H21ClN4O7S. The topological polar surface area (TPSA) is 165 Å². The van der Waals surface area contributed by atoms with Gasteiger partial charge in [-0.15, -0.1) is 0 Å². The number of fused-ring (bicyclic) bond motifs is 1. The van der Waals surface area contributed by atoms with Crippen molar-refractivity contribution >= 4 is 45.4 Å². The van der Waals surface area contributed by atoms with E-state index < -0.39 is 43.3 Å². The Labute approximate surface area is 205 Å². The number of rotatable bonds is 6. The Balaban J connectivity index is 1.33. The molecule has 0 aliphatic carbocycles. The average molecular weight is 521 g/mol. The van der Waals surface area contributed by atoms with E-state index >= 15 is 0 Å². The number of sulfone groups is 1. The van der Waals surface area contributed by atoms with E-state index in [-0.39, 0.29) is 41.6 Å². The molecule has 2 saturated heterocycles. The number of aromatic hydroxyl groups is 2. The molecule has 2 fully saturated rings. The summed E-state index contributed by atoms with van der Waals surface area (Å²) in [5.74, 6) is -2.39. The molecular weight excluding hydrogens is 500 g/mol. The Kier molecular flexibility index (Phi) is 6.20. The van der Waals surface area contributed by atoms with Gasteiger partial charge in [-0.25, -0.2) is 13.8 Å². The maximum absolute atomic E-state index is 12.6. The third-order valence-corrected chi connectivity index (χ3v) is 9.08. The van der Waals surface area contributed by atoms with Crippen molar-refractivity contribution in [3.63, 3.8) is 0 Å². The van der Waals surface area contributed by atoms with E-state index in [2.05, 4.69) is 15.8 Å². The summed E-state index contributed by atoms with van der Waals surface area (Å²) in [7, 11) is -3.63. The van der Waals surface area contributed by atoms with Gasteiger partial charge in [-0.2, -0.15) is 5.10 Å². The van der Waals surface area contributed by atoms with Crippen LogP contribution in [-0.2, 0) is 21.2 Å². The number of hydrazone groups is 1. The number of hydrogen-bond donors (Lipinski definition) is 4. The van der Waals surface area contributed by atoms with Crippen LogP contribution >= 0.6 is 11.6 Å². The zero-order valence-electron chi connectivity index (χ0n) is 18.4. The molecule has 0 spiro atoms. The second-order valence-corrected chi connectivity index (χ2v) is 11.4. The number of carbonyl (C=O) groups is 3. The maximum Gasteiger partial charge on any atom is 0.271 e. The van der Waals surface area contributed by atoms with Crippen LogP contribution in [0.15, 0.2) is 41.5 Å². The molecule has 0 radical (unpaired) electrons. The van der Waals surface area contributed by atoms with E-state index in [9.17, 15) is 33.0 Å². The highest BCUT2D eigenvalue weighted by Gasteiger charge is 2.61. The zero-order chi connectivity index (χ0) is 25.5. The van der Waals surface area contributed by atoms with Crippen LogP contribution in [0.1, 0.15) is 39.6 Å². The standard InChI is InChI=1S/C22H21ClN4O7S/c1-22(11-27-16(29)8-17(27)35(22,33)34)10-25-26-20(31)13-4-2-12(3-5-13)9-24-21(32)14-6-7-15(28)19(30)18(14)23/h2-7,10,17,28,30H,8-9,11H2,1H3,(H,24,32)(H,26,31)/b25-10+/t17-,22+/m1/s1. The van der Waals surface area contributed by atoms with Crippen molar-refractivity contribution in [1.82, 2.24) is 15.6 Å². The number of amides is 3. The molecule has 2 aromatic rings. The number of hydrogen-bond acceptors (Lipinski definition) is 8. The first-order chi connectivity index (χ1) is 16.4. The van der Waals surface area contributed by atoms with Crippen molar-refractivity contribution in [2.45, 2.75) is 30.0 Å². The van der Waals surface area contributed by atoms with Crippen LogP contribution in [0.4, 0.5) is 0 Å². The van der Waals surface area contributed by atoms with E-state index in [0.29, 0.717) is 5.56 Å². The minimum atomic E-state index is -3.63. The summed E-state index contributed by atoms with van der Waals surface area (Å²) < 4.78 is 23.8. The molecule has 11 nitrogen and oxygen atoms in total. The van der Waals surface area contributed by atoms with Gasteiger partial charge in [0.15, 0.2) is 21.3 Å². The minimum absolute atomic E-state index is 0.00636. The molecule has 0 saturated carbocycles. The van der Waals surface area contributed by atoms with Gasteiger partial charge in [0, 0.05) is 24.9 Å². The Morgan fingerprint density at radius 3 is 2.51 bits per heavy atom. The van der Waals surface area contributed by atoms with Gasteiger partial charge < -0.3 is 20.4 Å². The quantitative estimate of drug-likeness (QED) is 0.192. The average Bonchev–Trinajstić information content (AvgIpc) is 2.98. The molecule has 13 heteroatoms. The highest BCUT2D eigenvalue weighted by molar-refractivity contribution is 7.94. The van der Waals surface area contributed by atoms with Gasteiger partial charge in [0.25, 0.3) is 11.8 Å². The summed E-state index contributed by atoms with van der Waals surface area (Å²) in [4.78, 5) is 37.5. The van der Waals surface area contributed by atoms with Crippen molar-refractivity contribution in [2.24, 2.45) is 5.10 Å². The fraction of sp³-hybridized carbons (Fsp3) is 0.273. The largest absolute Gasteiger partial charge is 0.504 e. The predicted molar refractivity (Wildman–Crippen MR) is 126 cm³/mol. The fourth-order valence-corrected chi connectivity index (χ4v) is 6.09. The number of halogens is 1. The summed E-state index contributed by atoms with van der Waals surface area (Å²) in [6, 6.07) is 8.64. The lowest BCUT2D eigenvalue weighted by Gasteiger charge is -2.31. The van der Waals surface area contributed by atoms with E-state index in [1.807, 2.05) is 0 Å². The van der Waals surface area contributed by atoms with E-state index in [0.717, 1.165) is 12.3 Å². The van der Waals surface area contributed by atoms with Gasteiger partial charge in [0.1, 0.15) is 10.1 Å². The first-order valence-corrected chi connectivity index (χ1v) is 12.3. The number of nitrogens with zero attached hydrogens (tertiary/aromatic N) is 2. The van der Waals surface area contributed by atoms with E-state index in [4.69, 9.17) is 11.6 Å². The fourth-order valence-electron chi connectivity index (χ4n) is 3.82. The minimum Gasteiger partial charge on any atom is -0.504 e. The van der Waals surface area contributed by atoms with Crippen LogP contribution in [0.2, 0.25) is 5.02 Å². The van der Waals surface area contributed by atoms with Gasteiger partial charge in [-0.1, -0.05) is 23.7 Å². The molecule has 184 valence electrons. The van der Waals surface area contributed by atoms with Gasteiger partial charge >= 0.3 is 0 Å². The van der Waals surface area contributed by atoms with Gasteiger partial charge in [0.05, 0.1) is 17.0 Å². The molecule has 3 amide bonds. The molecule has 0 bridgehead atoms. The van der Waals surface area contributed by atoms with Crippen LogP contribution in [0.5, 0.6) is 11.5 Å². The van der Waals surface area contributed by atoms with Gasteiger partial charge in [-0.3, -0.25) is 14.4 Å². The maximum atomic E-state index is 12.6. The first-order valence-electron chi connectivity index (χ1n) is 10.4. The molecule has 2 aliphatic rings. The number of phenolic OH excluding ortho intramolecular Hbond substituents is 2. The van der Waals surface area contributed by atoms with E-state index in [1.54, 1.807) is 12.1 Å². The molecule has 35 heavy (non-hydrogen) atoms.